The number of aromatic nitrogens is 2. The van der Waals surface area contributed by atoms with E-state index in [0.717, 1.165) is 29.9 Å². The monoisotopic (exact) mass is 272 g/mol. The normalized spacial score (nSPS) is 17.4. The molecule has 2 aromatic rings. The van der Waals surface area contributed by atoms with E-state index < -0.39 is 0 Å². The van der Waals surface area contributed by atoms with Crippen molar-refractivity contribution in [2.24, 2.45) is 0 Å². The molecule has 3 rings (SSSR count). The number of aryl methyl sites for hydroxylation is 1. The fraction of sp³-hybridized carbons (Fsp3) is 0.286. The highest BCUT2D eigenvalue weighted by molar-refractivity contribution is 7.98. The maximum Gasteiger partial charge on any atom is 0.222 e. The SMILES string of the molecule is Nc1nc(N)c2c(n1)CCC2SCc1ccccc1. The van der Waals surface area contributed by atoms with Crippen LogP contribution in [0.2, 0.25) is 0 Å². The Kier molecular flexibility index (Phi) is 3.29. The first-order valence-corrected chi connectivity index (χ1v) is 7.36. The third kappa shape index (κ3) is 2.51. The molecule has 0 aliphatic heterocycles. The molecule has 4 N–H and O–H groups in total. The molecule has 0 radical (unpaired) electrons. The summed E-state index contributed by atoms with van der Waals surface area (Å²) in [6.45, 7) is 0. The van der Waals surface area contributed by atoms with Crippen LogP contribution < -0.4 is 11.5 Å². The quantitative estimate of drug-likeness (QED) is 0.898. The van der Waals surface area contributed by atoms with E-state index in [1.54, 1.807) is 0 Å². The summed E-state index contributed by atoms with van der Waals surface area (Å²) in [7, 11) is 0. The summed E-state index contributed by atoms with van der Waals surface area (Å²) < 4.78 is 0. The zero-order valence-electron chi connectivity index (χ0n) is 10.5. The summed E-state index contributed by atoms with van der Waals surface area (Å²) in [6, 6.07) is 10.5. The summed E-state index contributed by atoms with van der Waals surface area (Å²) in [5.74, 6) is 1.81. The summed E-state index contributed by atoms with van der Waals surface area (Å²) in [4.78, 5) is 8.37. The lowest BCUT2D eigenvalue weighted by molar-refractivity contribution is 0.882. The number of nitrogens with zero attached hydrogens (tertiary/aromatic N) is 2. The van der Waals surface area contributed by atoms with Gasteiger partial charge in [-0.05, 0) is 18.4 Å². The van der Waals surface area contributed by atoms with Gasteiger partial charge in [-0.1, -0.05) is 30.3 Å². The van der Waals surface area contributed by atoms with Gasteiger partial charge in [0, 0.05) is 16.6 Å². The van der Waals surface area contributed by atoms with E-state index in [1.807, 2.05) is 17.8 Å². The number of fused-ring (bicyclic) bond motifs is 1. The predicted molar refractivity (Wildman–Crippen MR) is 79.7 cm³/mol. The lowest BCUT2D eigenvalue weighted by atomic mass is 10.2. The molecule has 5 heteroatoms. The van der Waals surface area contributed by atoms with Crippen LogP contribution in [0.15, 0.2) is 30.3 Å². The minimum absolute atomic E-state index is 0.282. The largest absolute Gasteiger partial charge is 0.383 e. The van der Waals surface area contributed by atoms with Crippen LogP contribution in [0.3, 0.4) is 0 Å². The molecule has 0 saturated carbocycles. The first kappa shape index (κ1) is 12.3. The van der Waals surface area contributed by atoms with Crippen LogP contribution in [-0.2, 0) is 12.2 Å². The first-order chi connectivity index (χ1) is 9.24. The van der Waals surface area contributed by atoms with E-state index in [0.29, 0.717) is 11.1 Å². The van der Waals surface area contributed by atoms with Gasteiger partial charge in [0.25, 0.3) is 0 Å². The zero-order valence-corrected chi connectivity index (χ0v) is 11.4. The van der Waals surface area contributed by atoms with Gasteiger partial charge in [-0.2, -0.15) is 4.98 Å². The second-order valence-electron chi connectivity index (χ2n) is 4.65. The number of rotatable bonds is 3. The fourth-order valence-electron chi connectivity index (χ4n) is 2.45. The van der Waals surface area contributed by atoms with Gasteiger partial charge in [0.15, 0.2) is 0 Å². The van der Waals surface area contributed by atoms with Crippen molar-refractivity contribution in [3.63, 3.8) is 0 Å². The highest BCUT2D eigenvalue weighted by Crippen LogP contribution is 2.44. The molecule has 98 valence electrons. The van der Waals surface area contributed by atoms with E-state index in [9.17, 15) is 0 Å². The summed E-state index contributed by atoms with van der Waals surface area (Å²) >= 11 is 1.90. The van der Waals surface area contributed by atoms with Crippen LogP contribution in [0.4, 0.5) is 11.8 Å². The lowest BCUT2D eigenvalue weighted by Gasteiger charge is -2.12. The van der Waals surface area contributed by atoms with E-state index in [-0.39, 0.29) is 5.95 Å². The smallest absolute Gasteiger partial charge is 0.222 e. The number of hydrogen-bond donors (Lipinski definition) is 2. The van der Waals surface area contributed by atoms with Gasteiger partial charge >= 0.3 is 0 Å². The Balaban J connectivity index is 1.76. The molecule has 1 atom stereocenters. The maximum atomic E-state index is 5.99. The molecule has 0 bridgehead atoms. The second kappa shape index (κ2) is 5.09. The summed E-state index contributed by atoms with van der Waals surface area (Å²) in [6.07, 6.45) is 2.01. The summed E-state index contributed by atoms with van der Waals surface area (Å²) in [5, 5.41) is 0.385. The van der Waals surface area contributed by atoms with Gasteiger partial charge in [0.05, 0.1) is 5.69 Å². The molecule has 19 heavy (non-hydrogen) atoms. The minimum Gasteiger partial charge on any atom is -0.383 e. The van der Waals surface area contributed by atoms with Gasteiger partial charge in [-0.3, -0.25) is 0 Å². The number of hydrogen-bond acceptors (Lipinski definition) is 5. The molecule has 1 aliphatic rings. The van der Waals surface area contributed by atoms with Crippen molar-refractivity contribution in [2.75, 3.05) is 11.5 Å². The number of benzene rings is 1. The number of nitrogen functional groups attached to an aromatic ring is 2. The molecule has 1 aromatic carbocycles. The molecule has 0 fully saturated rings. The second-order valence-corrected chi connectivity index (χ2v) is 5.84. The molecular weight excluding hydrogens is 256 g/mol. The van der Waals surface area contributed by atoms with Crippen LogP contribution in [0, 0.1) is 0 Å². The topological polar surface area (TPSA) is 77.8 Å². The molecule has 1 heterocycles. The third-order valence-electron chi connectivity index (χ3n) is 3.33. The maximum absolute atomic E-state index is 5.99. The van der Waals surface area contributed by atoms with E-state index in [4.69, 9.17) is 11.5 Å². The van der Waals surface area contributed by atoms with Crippen LogP contribution in [0.25, 0.3) is 0 Å². The average Bonchev–Trinajstić information content (AvgIpc) is 2.81. The fourth-order valence-corrected chi connectivity index (χ4v) is 3.74. The van der Waals surface area contributed by atoms with Crippen molar-refractivity contribution in [2.45, 2.75) is 23.8 Å². The van der Waals surface area contributed by atoms with E-state index >= 15 is 0 Å². The van der Waals surface area contributed by atoms with E-state index in [2.05, 4.69) is 34.2 Å². The average molecular weight is 272 g/mol. The van der Waals surface area contributed by atoms with Gasteiger partial charge < -0.3 is 11.5 Å². The summed E-state index contributed by atoms with van der Waals surface area (Å²) in [5.41, 5.74) is 15.1. The standard InChI is InChI=1S/C14H16N4S/c15-13-12-10(17-14(16)18-13)6-7-11(12)19-8-9-4-2-1-3-5-9/h1-5,11H,6-8H2,(H4,15,16,17,18). The molecule has 0 spiro atoms. The van der Waals surface area contributed by atoms with Gasteiger partial charge in [0.2, 0.25) is 5.95 Å². The Labute approximate surface area is 116 Å². The van der Waals surface area contributed by atoms with Crippen LogP contribution in [0.1, 0.15) is 28.5 Å². The van der Waals surface area contributed by atoms with Crippen LogP contribution in [-0.4, -0.2) is 9.97 Å². The highest BCUT2D eigenvalue weighted by atomic mass is 32.2. The molecule has 1 aromatic heterocycles. The first-order valence-electron chi connectivity index (χ1n) is 6.31. The molecular formula is C14H16N4S. The lowest BCUT2D eigenvalue weighted by Crippen LogP contribution is -2.06. The van der Waals surface area contributed by atoms with Gasteiger partial charge in [-0.25, -0.2) is 4.98 Å². The van der Waals surface area contributed by atoms with Crippen LogP contribution >= 0.6 is 11.8 Å². The van der Waals surface area contributed by atoms with Crippen molar-refractivity contribution in [3.05, 3.63) is 47.2 Å². The molecule has 0 amide bonds. The zero-order chi connectivity index (χ0) is 13.2. The molecule has 1 unspecified atom stereocenters. The Morgan fingerprint density at radius 2 is 1.95 bits per heavy atom. The van der Waals surface area contributed by atoms with E-state index in [1.165, 1.54) is 5.56 Å². The van der Waals surface area contributed by atoms with Crippen molar-refractivity contribution >= 4 is 23.5 Å². The van der Waals surface area contributed by atoms with Crippen molar-refractivity contribution in [1.82, 2.24) is 9.97 Å². The predicted octanol–water partition coefficient (Wildman–Crippen LogP) is 2.56. The number of thioether (sulfide) groups is 1. The Morgan fingerprint density at radius 1 is 1.16 bits per heavy atom. The van der Waals surface area contributed by atoms with Crippen molar-refractivity contribution < 1.29 is 0 Å². The van der Waals surface area contributed by atoms with Gasteiger partial charge in [-0.15, -0.1) is 11.8 Å². The van der Waals surface area contributed by atoms with Crippen LogP contribution in [0.5, 0.6) is 0 Å². The highest BCUT2D eigenvalue weighted by Gasteiger charge is 2.27. The Hall–Kier alpha value is -1.75. The molecule has 4 nitrogen and oxygen atoms in total. The Morgan fingerprint density at radius 3 is 2.74 bits per heavy atom. The van der Waals surface area contributed by atoms with Gasteiger partial charge in [0.1, 0.15) is 5.82 Å². The van der Waals surface area contributed by atoms with Crippen molar-refractivity contribution in [1.29, 1.82) is 0 Å². The number of nitrogens with two attached hydrogens (primary N) is 2. The minimum atomic E-state index is 0.282. The molecule has 1 aliphatic carbocycles. The Bertz CT molecular complexity index is 585. The third-order valence-corrected chi connectivity index (χ3v) is 4.70. The number of anilines is 2. The van der Waals surface area contributed by atoms with Crippen molar-refractivity contribution in [3.8, 4) is 0 Å². The molecule has 0 saturated heterocycles.